The van der Waals surface area contributed by atoms with E-state index in [0.29, 0.717) is 6.04 Å². The first-order chi connectivity index (χ1) is 8.93. The predicted molar refractivity (Wildman–Crippen MR) is 73.2 cm³/mol. The van der Waals surface area contributed by atoms with Crippen molar-refractivity contribution in [3.8, 4) is 0 Å². The number of hydrogen-bond acceptors (Lipinski definition) is 2. The lowest BCUT2D eigenvalue weighted by atomic mass is 9.88. The van der Waals surface area contributed by atoms with Crippen LogP contribution in [0.15, 0.2) is 48.7 Å². The largest absolute Gasteiger partial charge is 0.304 e. The van der Waals surface area contributed by atoms with Gasteiger partial charge in [0, 0.05) is 18.8 Å². The molecule has 1 N–H and O–H groups in total. The molecule has 0 amide bonds. The summed E-state index contributed by atoms with van der Waals surface area (Å²) in [6.45, 7) is 0.847. The third-order valence-electron chi connectivity index (χ3n) is 3.63. The minimum atomic E-state index is 0.483. The Labute approximate surface area is 108 Å². The predicted octanol–water partition coefficient (Wildman–Crippen LogP) is 3.25. The average Bonchev–Trinajstić information content (AvgIpc) is 2.46. The van der Waals surface area contributed by atoms with Gasteiger partial charge >= 0.3 is 0 Å². The normalized spacial score (nSPS) is 18.3. The zero-order valence-corrected chi connectivity index (χ0v) is 10.5. The van der Waals surface area contributed by atoms with E-state index in [1.54, 1.807) is 0 Å². The average molecular weight is 238 g/mol. The Hall–Kier alpha value is -1.67. The third kappa shape index (κ3) is 2.44. The summed E-state index contributed by atoms with van der Waals surface area (Å²) in [7, 11) is 0. The van der Waals surface area contributed by atoms with Gasteiger partial charge in [0.25, 0.3) is 0 Å². The molecule has 2 aromatic rings. The van der Waals surface area contributed by atoms with Crippen LogP contribution in [0.5, 0.6) is 0 Å². The lowest BCUT2D eigenvalue weighted by Crippen LogP contribution is -2.25. The molecule has 0 aliphatic heterocycles. The Kier molecular flexibility index (Phi) is 3.37. The molecule has 0 saturated carbocycles. The molecule has 1 atom stereocenters. The molecular formula is C16H18N2. The molecule has 0 radical (unpaired) electrons. The van der Waals surface area contributed by atoms with E-state index in [1.807, 2.05) is 18.3 Å². The first-order valence-electron chi connectivity index (χ1n) is 6.64. The highest BCUT2D eigenvalue weighted by Gasteiger charge is 2.18. The summed E-state index contributed by atoms with van der Waals surface area (Å²) in [6.07, 6.45) is 5.57. The molecule has 3 rings (SSSR count). The number of benzene rings is 1. The molecule has 2 heteroatoms. The maximum Gasteiger partial charge on any atom is 0.0541 e. The van der Waals surface area contributed by atoms with E-state index in [0.717, 1.165) is 12.2 Å². The molecule has 2 nitrogen and oxygen atoms in total. The molecule has 92 valence electrons. The Morgan fingerprint density at radius 3 is 2.89 bits per heavy atom. The zero-order valence-electron chi connectivity index (χ0n) is 10.5. The van der Waals surface area contributed by atoms with E-state index in [1.165, 1.54) is 30.4 Å². The molecule has 0 bridgehead atoms. The van der Waals surface area contributed by atoms with Gasteiger partial charge in [0.1, 0.15) is 0 Å². The van der Waals surface area contributed by atoms with E-state index in [2.05, 4.69) is 40.6 Å². The Morgan fingerprint density at radius 2 is 2.00 bits per heavy atom. The van der Waals surface area contributed by atoms with E-state index in [9.17, 15) is 0 Å². The summed E-state index contributed by atoms with van der Waals surface area (Å²) in [5.41, 5.74) is 4.09. The minimum absolute atomic E-state index is 0.483. The van der Waals surface area contributed by atoms with Crippen LogP contribution in [0.1, 0.15) is 35.7 Å². The second kappa shape index (κ2) is 5.32. The van der Waals surface area contributed by atoms with Crippen molar-refractivity contribution >= 4 is 0 Å². The molecule has 0 saturated heterocycles. The maximum atomic E-state index is 4.36. The number of rotatable bonds is 3. The number of hydrogen-bond donors (Lipinski definition) is 1. The summed E-state index contributed by atoms with van der Waals surface area (Å²) in [4.78, 5) is 4.36. The maximum absolute atomic E-state index is 4.36. The van der Waals surface area contributed by atoms with Crippen molar-refractivity contribution in [3.63, 3.8) is 0 Å². The molecule has 0 spiro atoms. The van der Waals surface area contributed by atoms with Gasteiger partial charge in [-0.15, -0.1) is 0 Å². The van der Waals surface area contributed by atoms with Crippen molar-refractivity contribution in [1.29, 1.82) is 0 Å². The van der Waals surface area contributed by atoms with Crippen LogP contribution in [-0.4, -0.2) is 4.98 Å². The fraction of sp³-hybridized carbons (Fsp3) is 0.312. The van der Waals surface area contributed by atoms with Gasteiger partial charge in [-0.1, -0.05) is 30.3 Å². The first kappa shape index (κ1) is 11.4. The van der Waals surface area contributed by atoms with Crippen LogP contribution in [-0.2, 0) is 13.0 Å². The Bertz CT molecular complexity index is 508. The molecule has 1 aliphatic carbocycles. The number of fused-ring (bicyclic) bond motifs is 1. The molecule has 0 fully saturated rings. The molecule has 1 aromatic heterocycles. The van der Waals surface area contributed by atoms with Gasteiger partial charge in [0.2, 0.25) is 0 Å². The lowest BCUT2D eigenvalue weighted by Gasteiger charge is -2.26. The van der Waals surface area contributed by atoms with Gasteiger partial charge in [-0.2, -0.15) is 0 Å². The van der Waals surface area contributed by atoms with Crippen molar-refractivity contribution in [1.82, 2.24) is 10.3 Å². The van der Waals surface area contributed by atoms with Crippen molar-refractivity contribution in [3.05, 3.63) is 65.5 Å². The van der Waals surface area contributed by atoms with E-state index in [-0.39, 0.29) is 0 Å². The van der Waals surface area contributed by atoms with E-state index in [4.69, 9.17) is 0 Å². The van der Waals surface area contributed by atoms with Gasteiger partial charge in [-0.25, -0.2) is 0 Å². The number of aromatic nitrogens is 1. The highest BCUT2D eigenvalue weighted by Crippen LogP contribution is 2.29. The summed E-state index contributed by atoms with van der Waals surface area (Å²) in [6, 6.07) is 15.3. The smallest absolute Gasteiger partial charge is 0.0541 e. The van der Waals surface area contributed by atoms with Crippen molar-refractivity contribution in [2.45, 2.75) is 31.8 Å². The zero-order chi connectivity index (χ0) is 12.2. The first-order valence-corrected chi connectivity index (χ1v) is 6.64. The summed E-state index contributed by atoms with van der Waals surface area (Å²) >= 11 is 0. The van der Waals surface area contributed by atoms with Crippen LogP contribution in [0, 0.1) is 0 Å². The fourth-order valence-corrected chi connectivity index (χ4v) is 2.70. The van der Waals surface area contributed by atoms with Crippen LogP contribution in [0.2, 0.25) is 0 Å². The van der Waals surface area contributed by atoms with Gasteiger partial charge in [-0.3, -0.25) is 4.98 Å². The summed E-state index contributed by atoms with van der Waals surface area (Å²) < 4.78 is 0. The second-order valence-electron chi connectivity index (χ2n) is 4.85. The minimum Gasteiger partial charge on any atom is -0.304 e. The van der Waals surface area contributed by atoms with Crippen LogP contribution in [0.4, 0.5) is 0 Å². The Morgan fingerprint density at radius 1 is 1.11 bits per heavy atom. The van der Waals surface area contributed by atoms with Gasteiger partial charge in [-0.05, 0) is 42.5 Å². The third-order valence-corrected chi connectivity index (χ3v) is 3.63. The van der Waals surface area contributed by atoms with Gasteiger partial charge < -0.3 is 5.32 Å². The van der Waals surface area contributed by atoms with Crippen LogP contribution in [0.25, 0.3) is 0 Å². The molecular weight excluding hydrogens is 220 g/mol. The Balaban J connectivity index is 1.71. The van der Waals surface area contributed by atoms with Crippen molar-refractivity contribution in [2.24, 2.45) is 0 Å². The summed E-state index contributed by atoms with van der Waals surface area (Å²) in [5.74, 6) is 0. The quantitative estimate of drug-likeness (QED) is 0.888. The monoisotopic (exact) mass is 238 g/mol. The SMILES string of the molecule is c1ccc(CNC2CCCc3ccccc32)nc1. The number of nitrogens with zero attached hydrogens (tertiary/aromatic N) is 1. The van der Waals surface area contributed by atoms with E-state index < -0.39 is 0 Å². The fourth-order valence-electron chi connectivity index (χ4n) is 2.70. The second-order valence-corrected chi connectivity index (χ2v) is 4.85. The standard InChI is InChI=1S/C16H18N2/c1-2-9-15-13(6-1)7-5-10-16(15)18-12-14-8-3-4-11-17-14/h1-4,6,8-9,11,16,18H,5,7,10,12H2. The molecule has 18 heavy (non-hydrogen) atoms. The van der Waals surface area contributed by atoms with Gasteiger partial charge in [0.15, 0.2) is 0 Å². The molecule has 1 aromatic carbocycles. The highest BCUT2D eigenvalue weighted by molar-refractivity contribution is 5.32. The molecule has 1 aliphatic rings. The van der Waals surface area contributed by atoms with Crippen LogP contribution >= 0.6 is 0 Å². The van der Waals surface area contributed by atoms with Crippen molar-refractivity contribution in [2.75, 3.05) is 0 Å². The van der Waals surface area contributed by atoms with Crippen LogP contribution in [0.3, 0.4) is 0 Å². The number of pyridine rings is 1. The molecule has 1 heterocycles. The number of aryl methyl sites for hydroxylation is 1. The lowest BCUT2D eigenvalue weighted by molar-refractivity contribution is 0.456. The van der Waals surface area contributed by atoms with Crippen LogP contribution < -0.4 is 5.32 Å². The van der Waals surface area contributed by atoms with E-state index >= 15 is 0 Å². The summed E-state index contributed by atoms with van der Waals surface area (Å²) in [5, 5.41) is 3.63. The van der Waals surface area contributed by atoms with Crippen molar-refractivity contribution < 1.29 is 0 Å². The molecule has 1 unspecified atom stereocenters. The topological polar surface area (TPSA) is 24.9 Å². The highest BCUT2D eigenvalue weighted by atomic mass is 14.9. The number of nitrogens with one attached hydrogen (secondary N) is 1. The van der Waals surface area contributed by atoms with Gasteiger partial charge in [0.05, 0.1) is 5.69 Å².